The number of Topliss-reactive ketones (excluding diaryl/α,β-unsaturated/α-hetero) is 1. The zero-order valence-electron chi connectivity index (χ0n) is 22.1. The highest BCUT2D eigenvalue weighted by Crippen LogP contribution is 2.31. The number of rotatable bonds is 10. The summed E-state index contributed by atoms with van der Waals surface area (Å²) in [5.41, 5.74) is 1.07. The first-order valence-electron chi connectivity index (χ1n) is 11.7. The largest absolute Gasteiger partial charge is 0.460 e. The van der Waals surface area contributed by atoms with Crippen molar-refractivity contribution < 1.29 is 32.2 Å². The van der Waals surface area contributed by atoms with Gasteiger partial charge in [0.2, 0.25) is 16.0 Å². The van der Waals surface area contributed by atoms with Crippen molar-refractivity contribution in [2.45, 2.75) is 65.1 Å². The highest BCUT2D eigenvalue weighted by atomic mass is 32.2. The highest BCUT2D eigenvalue weighted by Gasteiger charge is 2.23. The normalized spacial score (nSPS) is 13.1. The Kier molecular flexibility index (Phi) is 9.67. The summed E-state index contributed by atoms with van der Waals surface area (Å²) in [4.78, 5) is 33.1. The summed E-state index contributed by atoms with van der Waals surface area (Å²) < 4.78 is 44.0. The molecule has 1 heterocycles. The summed E-state index contributed by atoms with van der Waals surface area (Å²) in [5.74, 6) is -1.86. The molecule has 11 heteroatoms. The second-order valence-corrected chi connectivity index (χ2v) is 12.0. The van der Waals surface area contributed by atoms with Gasteiger partial charge in [-0.25, -0.2) is 27.1 Å². The van der Waals surface area contributed by atoms with Gasteiger partial charge in [0, 0.05) is 24.6 Å². The molecule has 1 unspecified atom stereocenters. The Bertz CT molecular complexity index is 1270. The lowest BCUT2D eigenvalue weighted by molar-refractivity contribution is -0.156. The number of aliphatic hydroxyl groups is 1. The molecule has 0 saturated heterocycles. The van der Waals surface area contributed by atoms with E-state index in [0.717, 1.165) is 10.6 Å². The predicted molar refractivity (Wildman–Crippen MR) is 140 cm³/mol. The minimum absolute atomic E-state index is 0.0595. The first-order valence-corrected chi connectivity index (χ1v) is 13.5. The van der Waals surface area contributed by atoms with Crippen molar-refractivity contribution in [2.75, 3.05) is 17.6 Å². The number of ether oxygens (including phenoxy) is 1. The van der Waals surface area contributed by atoms with Crippen molar-refractivity contribution in [3.8, 4) is 11.3 Å². The zero-order chi connectivity index (χ0) is 28.1. The molecule has 0 aliphatic heterocycles. The molecular weight excluding hydrogens is 501 g/mol. The van der Waals surface area contributed by atoms with Gasteiger partial charge < -0.3 is 9.84 Å². The number of sulfonamides is 1. The number of carbonyl (C=O) groups is 2. The number of hydrogen-bond acceptors (Lipinski definition) is 8. The first kappa shape index (κ1) is 30.0. The summed E-state index contributed by atoms with van der Waals surface area (Å²) in [6.07, 6.45) is 1.97. The van der Waals surface area contributed by atoms with Gasteiger partial charge in [0.1, 0.15) is 23.6 Å². The van der Waals surface area contributed by atoms with Crippen LogP contribution in [0, 0.1) is 5.82 Å². The number of halogens is 1. The second-order valence-electron chi connectivity index (χ2n) is 10.00. The SMILES string of the molecule is CC(C)c1nc(N(C)S(C)(=O)=O)nc(-c2ccc(F)cc2)c1/C=C/C(O)CC(=O)CC(=O)OC(C)(C)C. The third-order valence-corrected chi connectivity index (χ3v) is 6.25. The van der Waals surface area contributed by atoms with E-state index in [4.69, 9.17) is 4.74 Å². The zero-order valence-corrected chi connectivity index (χ0v) is 23.0. The van der Waals surface area contributed by atoms with Crippen LogP contribution in [-0.2, 0) is 24.3 Å². The number of carbonyl (C=O) groups excluding carboxylic acids is 2. The van der Waals surface area contributed by atoms with Crippen LogP contribution >= 0.6 is 0 Å². The lowest BCUT2D eigenvalue weighted by Crippen LogP contribution is -2.27. The molecule has 0 amide bonds. The van der Waals surface area contributed by atoms with Gasteiger partial charge >= 0.3 is 5.97 Å². The van der Waals surface area contributed by atoms with Crippen molar-refractivity contribution in [3.05, 3.63) is 47.4 Å². The van der Waals surface area contributed by atoms with E-state index in [2.05, 4.69) is 9.97 Å². The van der Waals surface area contributed by atoms with Crippen LogP contribution in [0.3, 0.4) is 0 Å². The molecule has 1 aromatic carbocycles. The van der Waals surface area contributed by atoms with E-state index in [1.165, 1.54) is 37.4 Å². The summed E-state index contributed by atoms with van der Waals surface area (Å²) in [6, 6.07) is 5.52. The monoisotopic (exact) mass is 535 g/mol. The fourth-order valence-electron chi connectivity index (χ4n) is 3.32. The second kappa shape index (κ2) is 11.9. The van der Waals surface area contributed by atoms with Crippen LogP contribution in [0.25, 0.3) is 17.3 Å². The third kappa shape index (κ3) is 9.01. The Hall–Kier alpha value is -3.18. The predicted octanol–water partition coefficient (Wildman–Crippen LogP) is 3.87. The van der Waals surface area contributed by atoms with Gasteiger partial charge in [0.05, 0.1) is 23.7 Å². The summed E-state index contributed by atoms with van der Waals surface area (Å²) in [6.45, 7) is 8.80. The van der Waals surface area contributed by atoms with Crippen molar-refractivity contribution in [1.29, 1.82) is 0 Å². The molecule has 0 bridgehead atoms. The molecule has 1 N–H and O–H groups in total. The number of nitrogens with zero attached hydrogens (tertiary/aromatic N) is 3. The van der Waals surface area contributed by atoms with Crippen LogP contribution in [-0.4, -0.2) is 60.3 Å². The lowest BCUT2D eigenvalue weighted by Gasteiger charge is -2.20. The summed E-state index contributed by atoms with van der Waals surface area (Å²) in [5, 5.41) is 10.5. The van der Waals surface area contributed by atoms with Crippen LogP contribution in [0.1, 0.15) is 64.6 Å². The first-order chi connectivity index (χ1) is 17.0. The van der Waals surface area contributed by atoms with Gasteiger partial charge in [-0.1, -0.05) is 26.0 Å². The van der Waals surface area contributed by atoms with Crippen molar-refractivity contribution in [3.63, 3.8) is 0 Å². The van der Waals surface area contributed by atoms with E-state index in [-0.39, 0.29) is 18.3 Å². The molecule has 2 rings (SSSR count). The molecule has 2 aromatic rings. The molecule has 0 spiro atoms. The molecule has 0 fully saturated rings. The number of anilines is 1. The van der Waals surface area contributed by atoms with Crippen molar-refractivity contribution in [1.82, 2.24) is 9.97 Å². The number of ketones is 1. The molecule has 1 aromatic heterocycles. The Morgan fingerprint density at radius 1 is 1.16 bits per heavy atom. The van der Waals surface area contributed by atoms with Gasteiger partial charge in [0.15, 0.2) is 0 Å². The molecule has 0 aliphatic carbocycles. The average molecular weight is 536 g/mol. The average Bonchev–Trinajstić information content (AvgIpc) is 2.75. The molecule has 9 nitrogen and oxygen atoms in total. The van der Waals surface area contributed by atoms with Crippen molar-refractivity contribution in [2.24, 2.45) is 0 Å². The fourth-order valence-corrected chi connectivity index (χ4v) is 3.69. The molecule has 0 radical (unpaired) electrons. The van der Waals surface area contributed by atoms with Crippen LogP contribution in [0.4, 0.5) is 10.3 Å². The Morgan fingerprint density at radius 2 is 1.76 bits per heavy atom. The van der Waals surface area contributed by atoms with E-state index in [0.29, 0.717) is 22.5 Å². The highest BCUT2D eigenvalue weighted by molar-refractivity contribution is 7.92. The van der Waals surface area contributed by atoms with Gasteiger partial charge in [-0.3, -0.25) is 9.59 Å². The van der Waals surface area contributed by atoms with Crippen LogP contribution < -0.4 is 4.31 Å². The molecule has 37 heavy (non-hydrogen) atoms. The molecule has 0 aliphatic rings. The van der Waals surface area contributed by atoms with Crippen molar-refractivity contribution >= 4 is 33.8 Å². The van der Waals surface area contributed by atoms with Gasteiger partial charge in [0.25, 0.3) is 0 Å². The summed E-state index contributed by atoms with van der Waals surface area (Å²) in [7, 11) is -2.33. The molecule has 1 atom stereocenters. The maximum absolute atomic E-state index is 13.6. The number of benzene rings is 1. The van der Waals surface area contributed by atoms with E-state index in [1.807, 2.05) is 13.8 Å². The minimum atomic E-state index is -3.66. The third-order valence-electron chi connectivity index (χ3n) is 5.09. The number of aromatic nitrogens is 2. The fraction of sp³-hybridized carbons (Fsp3) is 0.462. The number of aliphatic hydroxyl groups excluding tert-OH is 1. The Balaban J connectivity index is 2.46. The number of esters is 1. The van der Waals surface area contributed by atoms with Crippen LogP contribution in [0.15, 0.2) is 30.3 Å². The van der Waals surface area contributed by atoms with Crippen LogP contribution in [0.2, 0.25) is 0 Å². The quantitative estimate of drug-likeness (QED) is 0.359. The lowest BCUT2D eigenvalue weighted by atomic mass is 9.97. The standard InChI is InChI=1S/C26H34FN3O6S/c1-16(2)23-21(13-12-19(31)14-20(32)15-22(33)36-26(3,4)5)24(17-8-10-18(27)11-9-17)29-25(28-23)30(6)37(7,34)35/h8-13,16,19,31H,14-15H2,1-7H3/b13-12+. The smallest absolute Gasteiger partial charge is 0.313 e. The van der Waals surface area contributed by atoms with E-state index < -0.39 is 45.7 Å². The van der Waals surface area contributed by atoms with Gasteiger partial charge in [-0.2, -0.15) is 0 Å². The maximum atomic E-state index is 13.6. The van der Waals surface area contributed by atoms with Gasteiger partial charge in [-0.05, 0) is 51.0 Å². The Labute approximate surface area is 217 Å². The van der Waals surface area contributed by atoms with E-state index in [9.17, 15) is 27.5 Å². The number of hydrogen-bond donors (Lipinski definition) is 1. The molecule has 202 valence electrons. The minimum Gasteiger partial charge on any atom is -0.460 e. The molecular formula is C26H34FN3O6S. The summed E-state index contributed by atoms with van der Waals surface area (Å²) >= 11 is 0. The van der Waals surface area contributed by atoms with Crippen LogP contribution in [0.5, 0.6) is 0 Å². The van der Waals surface area contributed by atoms with E-state index >= 15 is 0 Å². The molecule has 0 saturated carbocycles. The van der Waals surface area contributed by atoms with Gasteiger partial charge in [-0.15, -0.1) is 0 Å². The van der Waals surface area contributed by atoms with E-state index in [1.54, 1.807) is 26.8 Å². The Morgan fingerprint density at radius 3 is 2.27 bits per heavy atom. The topological polar surface area (TPSA) is 127 Å². The maximum Gasteiger partial charge on any atom is 0.313 e.